The van der Waals surface area contributed by atoms with Gasteiger partial charge >= 0.3 is 0 Å². The van der Waals surface area contributed by atoms with E-state index in [1.165, 1.54) is 5.56 Å². The summed E-state index contributed by atoms with van der Waals surface area (Å²) in [4.78, 5) is 23.3. The Morgan fingerprint density at radius 2 is 1.83 bits per heavy atom. The molecule has 0 heterocycles. The fourth-order valence-corrected chi connectivity index (χ4v) is 1.64. The van der Waals surface area contributed by atoms with Gasteiger partial charge in [-0.2, -0.15) is 0 Å². The molecular formula is C15H21NO2. The molecule has 0 spiro atoms. The zero-order valence-corrected chi connectivity index (χ0v) is 11.4. The molecule has 18 heavy (non-hydrogen) atoms. The third-order valence-electron chi connectivity index (χ3n) is 2.98. The molecule has 0 bridgehead atoms. The van der Waals surface area contributed by atoms with E-state index in [9.17, 15) is 9.59 Å². The summed E-state index contributed by atoms with van der Waals surface area (Å²) < 4.78 is 0. The fourth-order valence-electron chi connectivity index (χ4n) is 1.64. The summed E-state index contributed by atoms with van der Waals surface area (Å²) in [7, 11) is 0. The van der Waals surface area contributed by atoms with Crippen LogP contribution in [0.15, 0.2) is 18.2 Å². The number of aryl methyl sites for hydroxylation is 2. The summed E-state index contributed by atoms with van der Waals surface area (Å²) >= 11 is 0. The van der Waals surface area contributed by atoms with Crippen molar-refractivity contribution in [3.8, 4) is 0 Å². The molecule has 0 aliphatic heterocycles. The standard InChI is InChI=1S/C15H21NO2/c1-4-9-16-15(18)8-7-14(17)13-6-5-11(2)12(3)10-13/h5-6,10H,4,7-9H2,1-3H3,(H,16,18). The molecule has 1 N–H and O–H groups in total. The molecule has 0 atom stereocenters. The second-order valence-electron chi connectivity index (χ2n) is 4.57. The van der Waals surface area contributed by atoms with Crippen molar-refractivity contribution >= 4 is 11.7 Å². The second kappa shape index (κ2) is 6.94. The highest BCUT2D eigenvalue weighted by Gasteiger charge is 2.09. The van der Waals surface area contributed by atoms with Crippen LogP contribution in [0.3, 0.4) is 0 Å². The highest BCUT2D eigenvalue weighted by molar-refractivity contribution is 5.98. The third-order valence-corrected chi connectivity index (χ3v) is 2.98. The van der Waals surface area contributed by atoms with Gasteiger partial charge in [0.2, 0.25) is 5.91 Å². The van der Waals surface area contributed by atoms with Crippen molar-refractivity contribution < 1.29 is 9.59 Å². The van der Waals surface area contributed by atoms with Crippen molar-refractivity contribution in [2.45, 2.75) is 40.0 Å². The molecule has 0 saturated heterocycles. The minimum absolute atomic E-state index is 0.0322. The largest absolute Gasteiger partial charge is 0.356 e. The Balaban J connectivity index is 2.50. The number of carbonyl (C=O) groups excluding carboxylic acids is 2. The smallest absolute Gasteiger partial charge is 0.220 e. The van der Waals surface area contributed by atoms with Crippen LogP contribution < -0.4 is 5.32 Å². The van der Waals surface area contributed by atoms with Gasteiger partial charge in [-0.25, -0.2) is 0 Å². The zero-order chi connectivity index (χ0) is 13.5. The highest BCUT2D eigenvalue weighted by Crippen LogP contribution is 2.12. The predicted octanol–water partition coefficient (Wildman–Crippen LogP) is 2.79. The monoisotopic (exact) mass is 247 g/mol. The van der Waals surface area contributed by atoms with E-state index in [2.05, 4.69) is 5.32 Å². The van der Waals surface area contributed by atoms with E-state index in [4.69, 9.17) is 0 Å². The van der Waals surface area contributed by atoms with Crippen molar-refractivity contribution in [1.82, 2.24) is 5.32 Å². The van der Waals surface area contributed by atoms with Crippen LogP contribution in [0.25, 0.3) is 0 Å². The van der Waals surface area contributed by atoms with Gasteiger partial charge in [-0.1, -0.05) is 19.1 Å². The summed E-state index contributed by atoms with van der Waals surface area (Å²) in [6.45, 7) is 6.68. The average molecular weight is 247 g/mol. The molecule has 0 radical (unpaired) electrons. The summed E-state index contributed by atoms with van der Waals surface area (Å²) in [5, 5.41) is 2.77. The van der Waals surface area contributed by atoms with Gasteiger partial charge in [0, 0.05) is 24.9 Å². The molecule has 1 aromatic rings. The molecule has 0 unspecified atom stereocenters. The van der Waals surface area contributed by atoms with E-state index in [0.29, 0.717) is 12.1 Å². The molecule has 0 saturated carbocycles. The summed E-state index contributed by atoms with van der Waals surface area (Å²) in [5.41, 5.74) is 2.98. The first kappa shape index (κ1) is 14.4. The molecule has 0 aromatic heterocycles. The zero-order valence-electron chi connectivity index (χ0n) is 11.4. The lowest BCUT2D eigenvalue weighted by Crippen LogP contribution is -2.24. The normalized spacial score (nSPS) is 10.2. The van der Waals surface area contributed by atoms with Crippen LogP contribution in [0.5, 0.6) is 0 Å². The Labute approximate surface area is 109 Å². The van der Waals surface area contributed by atoms with Crippen molar-refractivity contribution in [2.75, 3.05) is 6.54 Å². The second-order valence-corrected chi connectivity index (χ2v) is 4.57. The van der Waals surface area contributed by atoms with Crippen LogP contribution >= 0.6 is 0 Å². The molecule has 3 heteroatoms. The quantitative estimate of drug-likeness (QED) is 0.786. The first-order valence-electron chi connectivity index (χ1n) is 6.41. The first-order chi connectivity index (χ1) is 8.54. The van der Waals surface area contributed by atoms with Gasteiger partial charge in [-0.3, -0.25) is 9.59 Å². The maximum atomic E-state index is 11.9. The Morgan fingerprint density at radius 3 is 2.44 bits per heavy atom. The maximum absolute atomic E-state index is 11.9. The Kier molecular flexibility index (Phi) is 5.56. The number of carbonyl (C=O) groups is 2. The van der Waals surface area contributed by atoms with Gasteiger partial charge in [0.15, 0.2) is 5.78 Å². The summed E-state index contributed by atoms with van der Waals surface area (Å²) in [6.07, 6.45) is 1.46. The number of rotatable bonds is 6. The van der Waals surface area contributed by atoms with Gasteiger partial charge in [0.05, 0.1) is 0 Å². The van der Waals surface area contributed by atoms with Crippen LogP contribution in [0.1, 0.15) is 47.7 Å². The van der Waals surface area contributed by atoms with Crippen LogP contribution in [0.2, 0.25) is 0 Å². The molecule has 3 nitrogen and oxygen atoms in total. The van der Waals surface area contributed by atoms with E-state index in [0.717, 1.165) is 12.0 Å². The van der Waals surface area contributed by atoms with Gasteiger partial charge in [0.1, 0.15) is 0 Å². The third kappa shape index (κ3) is 4.32. The highest BCUT2D eigenvalue weighted by atomic mass is 16.2. The lowest BCUT2D eigenvalue weighted by molar-refractivity contribution is -0.121. The number of benzene rings is 1. The van der Waals surface area contributed by atoms with Gasteiger partial charge in [0.25, 0.3) is 0 Å². The van der Waals surface area contributed by atoms with Gasteiger partial charge in [-0.05, 0) is 37.5 Å². The number of ketones is 1. The summed E-state index contributed by atoms with van der Waals surface area (Å²) in [5.74, 6) is -0.0150. The van der Waals surface area contributed by atoms with Gasteiger partial charge in [-0.15, -0.1) is 0 Å². The van der Waals surface area contributed by atoms with E-state index in [1.54, 1.807) is 0 Å². The molecule has 1 amide bonds. The number of hydrogen-bond donors (Lipinski definition) is 1. The molecule has 1 aromatic carbocycles. The minimum Gasteiger partial charge on any atom is -0.356 e. The maximum Gasteiger partial charge on any atom is 0.220 e. The minimum atomic E-state index is -0.0472. The summed E-state index contributed by atoms with van der Waals surface area (Å²) in [6, 6.07) is 5.66. The van der Waals surface area contributed by atoms with Crippen molar-refractivity contribution in [3.05, 3.63) is 34.9 Å². The Hall–Kier alpha value is -1.64. The Morgan fingerprint density at radius 1 is 1.11 bits per heavy atom. The topological polar surface area (TPSA) is 46.2 Å². The molecule has 0 aliphatic rings. The average Bonchev–Trinajstić information content (AvgIpc) is 2.36. The Bertz CT molecular complexity index is 438. The fraction of sp³-hybridized carbons (Fsp3) is 0.467. The van der Waals surface area contributed by atoms with E-state index in [-0.39, 0.29) is 24.5 Å². The van der Waals surface area contributed by atoms with Crippen LogP contribution in [0.4, 0.5) is 0 Å². The van der Waals surface area contributed by atoms with E-state index in [1.807, 2.05) is 39.0 Å². The van der Waals surface area contributed by atoms with E-state index >= 15 is 0 Å². The molecular weight excluding hydrogens is 226 g/mol. The van der Waals surface area contributed by atoms with Crippen LogP contribution in [0, 0.1) is 13.8 Å². The lowest BCUT2D eigenvalue weighted by Gasteiger charge is -2.05. The van der Waals surface area contributed by atoms with Crippen LogP contribution in [-0.4, -0.2) is 18.2 Å². The SMILES string of the molecule is CCCNC(=O)CCC(=O)c1ccc(C)c(C)c1. The van der Waals surface area contributed by atoms with E-state index < -0.39 is 0 Å². The molecule has 98 valence electrons. The van der Waals surface area contributed by atoms with Crippen molar-refractivity contribution in [1.29, 1.82) is 0 Å². The van der Waals surface area contributed by atoms with Gasteiger partial charge < -0.3 is 5.32 Å². The van der Waals surface area contributed by atoms with Crippen molar-refractivity contribution in [2.24, 2.45) is 0 Å². The molecule has 1 rings (SSSR count). The predicted molar refractivity (Wildman–Crippen MR) is 72.8 cm³/mol. The van der Waals surface area contributed by atoms with Crippen LogP contribution in [-0.2, 0) is 4.79 Å². The lowest BCUT2D eigenvalue weighted by atomic mass is 10.0. The number of nitrogens with one attached hydrogen (secondary N) is 1. The van der Waals surface area contributed by atoms with Crippen molar-refractivity contribution in [3.63, 3.8) is 0 Å². The molecule has 0 fully saturated rings. The number of hydrogen-bond acceptors (Lipinski definition) is 2. The first-order valence-corrected chi connectivity index (χ1v) is 6.41. The molecule has 0 aliphatic carbocycles. The number of Topliss-reactive ketones (excluding diaryl/α,β-unsaturated/α-hetero) is 1. The number of amides is 1.